The summed E-state index contributed by atoms with van der Waals surface area (Å²) in [6.07, 6.45) is 6.07. The normalized spacial score (nSPS) is 42.8. The van der Waals surface area contributed by atoms with Crippen molar-refractivity contribution in [1.82, 2.24) is 0 Å². The summed E-state index contributed by atoms with van der Waals surface area (Å²) in [5.74, 6) is -0.661. The first-order valence-electron chi connectivity index (χ1n) is 4.60. The zero-order valence-electron chi connectivity index (χ0n) is 7.69. The lowest BCUT2D eigenvalue weighted by molar-refractivity contribution is -0.269. The molecule has 0 radical (unpaired) electrons. The van der Waals surface area contributed by atoms with Gasteiger partial charge in [0, 0.05) is 13.0 Å². The summed E-state index contributed by atoms with van der Waals surface area (Å²) < 4.78 is 11.0. The van der Waals surface area contributed by atoms with Gasteiger partial charge >= 0.3 is 0 Å². The zero-order chi connectivity index (χ0) is 9.31. The minimum atomic E-state index is -0.674. The van der Waals surface area contributed by atoms with E-state index in [1.165, 1.54) is 0 Å². The van der Waals surface area contributed by atoms with Crippen LogP contribution in [0.5, 0.6) is 0 Å². The van der Waals surface area contributed by atoms with Gasteiger partial charge in [0.15, 0.2) is 5.79 Å². The van der Waals surface area contributed by atoms with Crippen LogP contribution in [0.25, 0.3) is 0 Å². The van der Waals surface area contributed by atoms with Crippen molar-refractivity contribution >= 4 is 0 Å². The molecule has 0 unspecified atom stereocenters. The number of nitriles is 1. The zero-order valence-corrected chi connectivity index (χ0v) is 7.69. The van der Waals surface area contributed by atoms with Crippen LogP contribution in [0, 0.1) is 23.2 Å². The van der Waals surface area contributed by atoms with E-state index in [9.17, 15) is 0 Å². The molecule has 0 aromatic carbocycles. The topological polar surface area (TPSA) is 42.2 Å². The van der Waals surface area contributed by atoms with Gasteiger partial charge in [-0.25, -0.2) is 0 Å². The first kappa shape index (κ1) is 8.74. The average molecular weight is 179 g/mol. The molecule has 1 aliphatic heterocycles. The second-order valence-corrected chi connectivity index (χ2v) is 3.51. The summed E-state index contributed by atoms with van der Waals surface area (Å²) in [5.41, 5.74) is 0. The number of ether oxygens (including phenoxy) is 2. The number of methoxy groups -OCH3 is 1. The van der Waals surface area contributed by atoms with Gasteiger partial charge < -0.3 is 9.47 Å². The fourth-order valence-electron chi connectivity index (χ4n) is 2.24. The third kappa shape index (κ3) is 1.10. The molecule has 0 bridgehead atoms. The molecule has 3 atom stereocenters. The van der Waals surface area contributed by atoms with Gasteiger partial charge in [-0.2, -0.15) is 5.26 Å². The third-order valence-electron chi connectivity index (χ3n) is 2.93. The molecule has 0 amide bonds. The summed E-state index contributed by atoms with van der Waals surface area (Å²) >= 11 is 0. The third-order valence-corrected chi connectivity index (χ3v) is 2.93. The maximum absolute atomic E-state index is 8.94. The smallest absolute Gasteiger partial charge is 0.193 e. The van der Waals surface area contributed by atoms with E-state index in [-0.39, 0.29) is 11.8 Å². The van der Waals surface area contributed by atoms with Crippen molar-refractivity contribution in [3.63, 3.8) is 0 Å². The van der Waals surface area contributed by atoms with Crippen LogP contribution in [-0.2, 0) is 9.47 Å². The van der Waals surface area contributed by atoms with Crippen LogP contribution in [0.4, 0.5) is 0 Å². The van der Waals surface area contributed by atoms with Crippen LogP contribution >= 0.6 is 0 Å². The summed E-state index contributed by atoms with van der Waals surface area (Å²) in [6, 6.07) is 2.22. The van der Waals surface area contributed by atoms with E-state index in [4.69, 9.17) is 14.7 Å². The highest BCUT2D eigenvalue weighted by Gasteiger charge is 2.50. The molecule has 3 heteroatoms. The second kappa shape index (κ2) is 3.13. The highest BCUT2D eigenvalue weighted by molar-refractivity contribution is 5.20. The number of rotatable bonds is 1. The predicted molar refractivity (Wildman–Crippen MR) is 46.7 cm³/mol. The Bertz CT molecular complexity index is 269. The van der Waals surface area contributed by atoms with Gasteiger partial charge in [-0.1, -0.05) is 12.2 Å². The van der Waals surface area contributed by atoms with Crippen LogP contribution in [0.1, 0.15) is 12.8 Å². The van der Waals surface area contributed by atoms with Crippen LogP contribution in [-0.4, -0.2) is 19.5 Å². The number of nitrogens with zero attached hydrogens (tertiary/aromatic N) is 1. The number of hydrogen-bond acceptors (Lipinski definition) is 3. The van der Waals surface area contributed by atoms with Crippen LogP contribution in [0.2, 0.25) is 0 Å². The number of fused-ring (bicyclic) bond motifs is 1. The first-order chi connectivity index (χ1) is 6.33. The first-order valence-corrected chi connectivity index (χ1v) is 4.60. The summed E-state index contributed by atoms with van der Waals surface area (Å²) in [7, 11) is 1.62. The molecule has 0 aromatic heterocycles. The van der Waals surface area contributed by atoms with Gasteiger partial charge in [0.25, 0.3) is 0 Å². The molecule has 70 valence electrons. The van der Waals surface area contributed by atoms with E-state index >= 15 is 0 Å². The molecule has 1 fully saturated rings. The predicted octanol–water partition coefficient (Wildman–Crippen LogP) is 1.47. The highest BCUT2D eigenvalue weighted by atomic mass is 16.7. The lowest BCUT2D eigenvalue weighted by Gasteiger charge is -2.39. The molecule has 13 heavy (non-hydrogen) atoms. The molecule has 1 heterocycles. The van der Waals surface area contributed by atoms with Gasteiger partial charge in [-0.05, 0) is 12.8 Å². The average Bonchev–Trinajstić information content (AvgIpc) is 2.56. The lowest BCUT2D eigenvalue weighted by atomic mass is 9.89. The van der Waals surface area contributed by atoms with Crippen LogP contribution in [0.3, 0.4) is 0 Å². The summed E-state index contributed by atoms with van der Waals surface area (Å²) in [5, 5.41) is 8.94. The van der Waals surface area contributed by atoms with Gasteiger partial charge in [-0.3, -0.25) is 0 Å². The molecular formula is C10H13NO2. The molecule has 0 spiro atoms. The molecule has 0 N–H and O–H groups in total. The maximum atomic E-state index is 8.94. The Labute approximate surface area is 77.9 Å². The summed E-state index contributed by atoms with van der Waals surface area (Å²) in [6.45, 7) is 0.699. The van der Waals surface area contributed by atoms with E-state index in [0.29, 0.717) is 6.61 Å². The van der Waals surface area contributed by atoms with Gasteiger partial charge in [-0.15, -0.1) is 0 Å². The Hall–Kier alpha value is -0.850. The van der Waals surface area contributed by atoms with Crippen LogP contribution in [0.15, 0.2) is 12.2 Å². The molecule has 3 nitrogen and oxygen atoms in total. The number of hydrogen-bond donors (Lipinski definition) is 0. The van der Waals surface area contributed by atoms with Gasteiger partial charge in [0.1, 0.15) is 5.92 Å². The minimum absolute atomic E-state index is 0.247. The largest absolute Gasteiger partial charge is 0.351 e. The van der Waals surface area contributed by atoms with Crippen LogP contribution < -0.4 is 0 Å². The molecule has 0 aromatic rings. The fraction of sp³-hybridized carbons (Fsp3) is 0.700. The van der Waals surface area contributed by atoms with Crippen molar-refractivity contribution < 1.29 is 9.47 Å². The van der Waals surface area contributed by atoms with E-state index in [2.05, 4.69) is 12.1 Å². The van der Waals surface area contributed by atoms with Crippen molar-refractivity contribution in [1.29, 1.82) is 5.26 Å². The Morgan fingerprint density at radius 3 is 3.15 bits per heavy atom. The Balaban J connectivity index is 2.28. The standard InChI is InChI=1S/C10H13NO2/c1-12-10-8(3-2-6-13-10)4-5-9(10)7-11/h4-5,8-9H,2-3,6H2,1H3/t8-,9-,10-/m1/s1. The van der Waals surface area contributed by atoms with Crippen molar-refractivity contribution in [3.05, 3.63) is 12.2 Å². The van der Waals surface area contributed by atoms with E-state index in [1.54, 1.807) is 7.11 Å². The highest BCUT2D eigenvalue weighted by Crippen LogP contribution is 2.43. The Kier molecular flexibility index (Phi) is 2.10. The van der Waals surface area contributed by atoms with E-state index in [1.807, 2.05) is 6.08 Å². The van der Waals surface area contributed by atoms with Crippen molar-refractivity contribution in [2.75, 3.05) is 13.7 Å². The maximum Gasteiger partial charge on any atom is 0.193 e. The lowest BCUT2D eigenvalue weighted by Crippen LogP contribution is -2.47. The molecule has 2 aliphatic rings. The fourth-order valence-corrected chi connectivity index (χ4v) is 2.24. The van der Waals surface area contributed by atoms with E-state index < -0.39 is 5.79 Å². The van der Waals surface area contributed by atoms with Crippen molar-refractivity contribution in [2.45, 2.75) is 18.6 Å². The second-order valence-electron chi connectivity index (χ2n) is 3.51. The molecule has 1 aliphatic carbocycles. The monoisotopic (exact) mass is 179 g/mol. The SMILES string of the molecule is CO[C@@]12OCCC[C@@H]1C=C[C@@H]2C#N. The van der Waals surface area contributed by atoms with Gasteiger partial charge in [0.2, 0.25) is 0 Å². The van der Waals surface area contributed by atoms with Crippen molar-refractivity contribution in [3.8, 4) is 6.07 Å². The molecule has 0 saturated carbocycles. The Morgan fingerprint density at radius 2 is 2.46 bits per heavy atom. The van der Waals surface area contributed by atoms with E-state index in [0.717, 1.165) is 12.8 Å². The molecular weight excluding hydrogens is 166 g/mol. The quantitative estimate of drug-likeness (QED) is 0.572. The molecule has 2 rings (SSSR count). The van der Waals surface area contributed by atoms with Gasteiger partial charge in [0.05, 0.1) is 12.7 Å². The minimum Gasteiger partial charge on any atom is -0.351 e. The van der Waals surface area contributed by atoms with Crippen molar-refractivity contribution in [2.24, 2.45) is 11.8 Å². The molecule has 1 saturated heterocycles. The summed E-state index contributed by atoms with van der Waals surface area (Å²) in [4.78, 5) is 0. The Morgan fingerprint density at radius 1 is 1.62 bits per heavy atom.